The number of nitrogens with one attached hydrogen (secondary N) is 1. The van der Waals surface area contributed by atoms with Crippen LogP contribution in [0.15, 0.2) is 69.9 Å². The third-order valence-electron chi connectivity index (χ3n) is 5.15. The number of amides is 1. The third kappa shape index (κ3) is 8.48. The minimum Gasteiger partial charge on any atom is -0.481 e. The van der Waals surface area contributed by atoms with Crippen LogP contribution in [0.3, 0.4) is 0 Å². The van der Waals surface area contributed by atoms with Gasteiger partial charge in [0, 0.05) is 64.7 Å². The van der Waals surface area contributed by atoms with Crippen molar-refractivity contribution in [2.75, 3.05) is 40.6 Å². The highest BCUT2D eigenvalue weighted by Crippen LogP contribution is 2.29. The molecule has 2 aromatic carbocycles. The molecule has 2 N–H and O–H groups in total. The first kappa shape index (κ1) is 29.1. The summed E-state index contributed by atoms with van der Waals surface area (Å²) in [5, 5.41) is 12.1. The molecule has 2 rings (SSSR count). The van der Waals surface area contributed by atoms with Crippen LogP contribution in [0.4, 0.5) is 18.9 Å². The summed E-state index contributed by atoms with van der Waals surface area (Å²) < 4.78 is 38.1. The number of carbonyl (C=O) groups is 2. The Hall–Kier alpha value is -4.15. The lowest BCUT2D eigenvalue weighted by Crippen LogP contribution is -2.28. The number of rotatable bonds is 9. The molecule has 0 fully saturated rings. The second kappa shape index (κ2) is 12.7. The van der Waals surface area contributed by atoms with E-state index in [0.29, 0.717) is 29.3 Å². The van der Waals surface area contributed by atoms with Crippen LogP contribution in [-0.2, 0) is 17.4 Å². The fourth-order valence-corrected chi connectivity index (χ4v) is 3.45. The number of halogens is 3. The zero-order valence-electron chi connectivity index (χ0n) is 21.3. The number of carboxylic acid groups (broad SMARTS) is 1. The van der Waals surface area contributed by atoms with E-state index in [1.807, 2.05) is 0 Å². The highest BCUT2D eigenvalue weighted by Gasteiger charge is 2.30. The summed E-state index contributed by atoms with van der Waals surface area (Å²) in [6, 6.07) is 10.9. The molecule has 0 bridgehead atoms. The van der Waals surface area contributed by atoms with Crippen molar-refractivity contribution in [2.24, 2.45) is 9.98 Å². The van der Waals surface area contributed by atoms with Gasteiger partial charge in [0.1, 0.15) is 11.7 Å². The maximum absolute atomic E-state index is 12.7. The molecule has 0 spiro atoms. The van der Waals surface area contributed by atoms with Crippen molar-refractivity contribution in [1.82, 2.24) is 9.80 Å². The molecule has 0 aliphatic heterocycles. The number of aliphatic imine (C=N–C) groups is 2. The molecule has 0 heterocycles. The van der Waals surface area contributed by atoms with E-state index < -0.39 is 23.6 Å². The molecule has 198 valence electrons. The summed E-state index contributed by atoms with van der Waals surface area (Å²) >= 11 is 0. The number of hydrogen-bond acceptors (Lipinski definition) is 5. The van der Waals surface area contributed by atoms with Gasteiger partial charge in [-0.2, -0.15) is 13.2 Å². The molecule has 37 heavy (non-hydrogen) atoms. The highest BCUT2D eigenvalue weighted by atomic mass is 19.4. The Morgan fingerprint density at radius 3 is 2.03 bits per heavy atom. The number of amidine groups is 1. The van der Waals surface area contributed by atoms with Crippen LogP contribution < -0.4 is 5.32 Å². The van der Waals surface area contributed by atoms with Gasteiger partial charge in [-0.3, -0.25) is 14.6 Å². The minimum absolute atomic E-state index is 0.108. The molecule has 0 unspecified atom stereocenters. The Kier molecular flexibility index (Phi) is 9.98. The van der Waals surface area contributed by atoms with Gasteiger partial charge in [0.15, 0.2) is 0 Å². The maximum atomic E-state index is 12.7. The average Bonchev–Trinajstić information content (AvgIpc) is 2.81. The van der Waals surface area contributed by atoms with Crippen molar-refractivity contribution in [1.29, 1.82) is 0 Å². The normalized spacial score (nSPS) is 12.8. The Labute approximate surface area is 213 Å². The standard InChI is InChI=1S/C26H30F3N5O3/c1-30-23(33(2)3)21(16-22(35)36)24(34(4)5)31-15-14-17-6-12-20(13-7-17)32-25(37)18-8-10-19(11-9-18)26(27,28)29/h6-13,15H,14,16H2,1-5H3,(H,32,37)(H,35,36)/b24-21+,30-23+,31-15+. The van der Waals surface area contributed by atoms with Gasteiger partial charge in [0.05, 0.1) is 12.0 Å². The summed E-state index contributed by atoms with van der Waals surface area (Å²) in [6.07, 6.45) is -2.61. The van der Waals surface area contributed by atoms with Crippen molar-refractivity contribution in [3.8, 4) is 0 Å². The van der Waals surface area contributed by atoms with Gasteiger partial charge in [0.25, 0.3) is 5.91 Å². The Bertz CT molecular complexity index is 1180. The molecule has 0 aromatic heterocycles. The minimum atomic E-state index is -4.46. The van der Waals surface area contributed by atoms with Crippen LogP contribution >= 0.6 is 0 Å². The van der Waals surface area contributed by atoms with Crippen molar-refractivity contribution in [2.45, 2.75) is 19.0 Å². The number of hydrogen-bond donors (Lipinski definition) is 2. The molecular formula is C26H30F3N5O3. The molecule has 1 amide bonds. The first-order valence-corrected chi connectivity index (χ1v) is 11.2. The molecule has 2 aromatic rings. The number of alkyl halides is 3. The van der Waals surface area contributed by atoms with Crippen LogP contribution in [0.1, 0.15) is 27.9 Å². The molecule has 0 saturated heterocycles. The monoisotopic (exact) mass is 517 g/mol. The van der Waals surface area contributed by atoms with Gasteiger partial charge in [0.2, 0.25) is 0 Å². The smallest absolute Gasteiger partial charge is 0.416 e. The Morgan fingerprint density at radius 2 is 1.57 bits per heavy atom. The molecule has 0 aliphatic rings. The van der Waals surface area contributed by atoms with Crippen molar-refractivity contribution in [3.63, 3.8) is 0 Å². The summed E-state index contributed by atoms with van der Waals surface area (Å²) in [6.45, 7) is 0. The lowest BCUT2D eigenvalue weighted by molar-refractivity contribution is -0.138. The number of carboxylic acids is 1. The highest BCUT2D eigenvalue weighted by molar-refractivity contribution is 6.04. The maximum Gasteiger partial charge on any atom is 0.416 e. The van der Waals surface area contributed by atoms with E-state index in [2.05, 4.69) is 15.3 Å². The predicted octanol–water partition coefficient (Wildman–Crippen LogP) is 4.41. The van der Waals surface area contributed by atoms with Crippen LogP contribution in [-0.4, -0.2) is 74.1 Å². The summed E-state index contributed by atoms with van der Waals surface area (Å²) in [7, 11) is 8.68. The predicted molar refractivity (Wildman–Crippen MR) is 138 cm³/mol. The summed E-state index contributed by atoms with van der Waals surface area (Å²) in [4.78, 5) is 36.0. The molecule has 0 radical (unpaired) electrons. The van der Waals surface area contributed by atoms with Crippen molar-refractivity contribution < 1.29 is 27.9 Å². The Morgan fingerprint density at radius 1 is 0.973 bits per heavy atom. The third-order valence-corrected chi connectivity index (χ3v) is 5.15. The van der Waals surface area contributed by atoms with E-state index in [4.69, 9.17) is 0 Å². The van der Waals surface area contributed by atoms with Gasteiger partial charge in [-0.25, -0.2) is 4.99 Å². The molecule has 0 saturated carbocycles. The van der Waals surface area contributed by atoms with Crippen LogP contribution in [0, 0.1) is 0 Å². The fraction of sp³-hybridized carbons (Fsp3) is 0.308. The first-order valence-electron chi connectivity index (χ1n) is 11.2. The van der Waals surface area contributed by atoms with E-state index in [-0.39, 0.29) is 12.0 Å². The second-order valence-corrected chi connectivity index (χ2v) is 8.45. The number of aliphatic carboxylic acids is 1. The zero-order valence-corrected chi connectivity index (χ0v) is 21.3. The van der Waals surface area contributed by atoms with E-state index in [1.54, 1.807) is 75.5 Å². The lowest BCUT2D eigenvalue weighted by Gasteiger charge is -2.23. The molecule has 0 atom stereocenters. The molecule has 8 nitrogen and oxygen atoms in total. The fourth-order valence-electron chi connectivity index (χ4n) is 3.45. The number of benzene rings is 2. The molecule has 11 heteroatoms. The quantitative estimate of drug-likeness (QED) is 0.379. The van der Waals surface area contributed by atoms with Crippen LogP contribution in [0.5, 0.6) is 0 Å². The van der Waals surface area contributed by atoms with Gasteiger partial charge >= 0.3 is 12.1 Å². The zero-order chi connectivity index (χ0) is 27.8. The lowest BCUT2D eigenvalue weighted by atomic mass is 10.1. The SMILES string of the molecule is C\N=C(/C(CC(=O)O)=C(\N=C\Cc1ccc(NC(=O)c2ccc(C(F)(F)F)cc2)cc1)N(C)C)N(C)C. The largest absolute Gasteiger partial charge is 0.481 e. The number of likely N-dealkylation sites (N-methyl/N-ethyl adjacent to an activating group) is 1. The van der Waals surface area contributed by atoms with Crippen molar-refractivity contribution >= 4 is 29.6 Å². The first-order chi connectivity index (χ1) is 17.3. The molecule has 0 aliphatic carbocycles. The molecular weight excluding hydrogens is 487 g/mol. The van der Waals surface area contributed by atoms with E-state index >= 15 is 0 Å². The van der Waals surface area contributed by atoms with Gasteiger partial charge < -0.3 is 20.2 Å². The second-order valence-electron chi connectivity index (χ2n) is 8.45. The summed E-state index contributed by atoms with van der Waals surface area (Å²) in [5.41, 5.74) is 1.13. The van der Waals surface area contributed by atoms with Crippen molar-refractivity contribution in [3.05, 3.63) is 76.6 Å². The van der Waals surface area contributed by atoms with Gasteiger partial charge in [-0.15, -0.1) is 0 Å². The Balaban J connectivity index is 2.14. The topological polar surface area (TPSA) is 97.6 Å². The van der Waals surface area contributed by atoms with Gasteiger partial charge in [-0.05, 0) is 42.0 Å². The number of carbonyl (C=O) groups excluding carboxylic acids is 1. The van der Waals surface area contributed by atoms with E-state index in [1.165, 1.54) is 0 Å². The van der Waals surface area contributed by atoms with E-state index in [0.717, 1.165) is 29.8 Å². The van der Waals surface area contributed by atoms with Crippen LogP contribution in [0.25, 0.3) is 0 Å². The van der Waals surface area contributed by atoms with Crippen LogP contribution in [0.2, 0.25) is 0 Å². The van der Waals surface area contributed by atoms with Gasteiger partial charge in [-0.1, -0.05) is 12.1 Å². The number of nitrogens with zero attached hydrogens (tertiary/aromatic N) is 4. The number of anilines is 1. The van der Waals surface area contributed by atoms with E-state index in [9.17, 15) is 27.9 Å². The summed E-state index contributed by atoms with van der Waals surface area (Å²) in [5.74, 6) is -0.543. The average molecular weight is 518 g/mol.